The van der Waals surface area contributed by atoms with Crippen LogP contribution in [0.4, 0.5) is 4.39 Å². The van der Waals surface area contributed by atoms with E-state index >= 15 is 0 Å². The van der Waals surface area contributed by atoms with Crippen LogP contribution < -0.4 is 4.72 Å². The summed E-state index contributed by atoms with van der Waals surface area (Å²) in [6.07, 6.45) is 0. The van der Waals surface area contributed by atoms with Crippen LogP contribution in [0.15, 0.2) is 52.3 Å². The Morgan fingerprint density at radius 2 is 1.95 bits per heavy atom. The Hall–Kier alpha value is -1.99. The first kappa shape index (κ1) is 14.9. The lowest BCUT2D eigenvalue weighted by Crippen LogP contribution is -2.23. The van der Waals surface area contributed by atoms with Gasteiger partial charge in [0.05, 0.1) is 6.54 Å². The highest BCUT2D eigenvalue weighted by molar-refractivity contribution is 8.00. The van der Waals surface area contributed by atoms with E-state index in [0.717, 1.165) is 4.88 Å². The van der Waals surface area contributed by atoms with Crippen molar-refractivity contribution in [2.45, 2.75) is 13.5 Å². The molecule has 0 unspecified atom stereocenters. The van der Waals surface area contributed by atoms with Gasteiger partial charge in [0.2, 0.25) is 0 Å². The van der Waals surface area contributed by atoms with Gasteiger partial charge in [0.1, 0.15) is 16.6 Å². The molecule has 1 aliphatic rings. The van der Waals surface area contributed by atoms with Crippen molar-refractivity contribution in [2.75, 3.05) is 0 Å². The highest BCUT2D eigenvalue weighted by Crippen LogP contribution is 2.30. The van der Waals surface area contributed by atoms with Gasteiger partial charge >= 0.3 is 0 Å². The number of benzene rings is 1. The van der Waals surface area contributed by atoms with Crippen LogP contribution in [0.1, 0.15) is 17.4 Å². The van der Waals surface area contributed by atoms with Crippen molar-refractivity contribution in [3.8, 4) is 0 Å². The number of amidine groups is 1. The van der Waals surface area contributed by atoms with Crippen LogP contribution in [-0.4, -0.2) is 14.3 Å². The summed E-state index contributed by atoms with van der Waals surface area (Å²) in [5.74, 6) is -0.0651. The average Bonchev–Trinajstić information content (AvgIpc) is 3.05. The Balaban J connectivity index is 1.99. The molecule has 2 aromatic rings. The molecule has 0 saturated carbocycles. The van der Waals surface area contributed by atoms with Crippen molar-refractivity contribution in [1.82, 2.24) is 4.72 Å². The van der Waals surface area contributed by atoms with E-state index in [2.05, 4.69) is 9.71 Å². The lowest BCUT2D eigenvalue weighted by Gasteiger charge is -2.02. The number of nitrogens with one attached hydrogen (secondary N) is 1. The lowest BCUT2D eigenvalue weighted by atomic mass is 10.1. The molecule has 1 N–H and O–H groups in total. The molecule has 0 fully saturated rings. The number of aliphatic imine (C=N–C) groups is 1. The fraction of sp³-hybridized carbons (Fsp3) is 0.133. The first-order chi connectivity index (χ1) is 10.5. The number of halogens is 1. The van der Waals surface area contributed by atoms with Crippen LogP contribution >= 0.6 is 11.3 Å². The van der Waals surface area contributed by atoms with Gasteiger partial charge in [-0.25, -0.2) is 12.8 Å². The van der Waals surface area contributed by atoms with Crippen molar-refractivity contribution in [2.24, 2.45) is 4.99 Å². The minimum Gasteiger partial charge on any atom is -0.263 e. The van der Waals surface area contributed by atoms with Crippen molar-refractivity contribution in [3.63, 3.8) is 0 Å². The largest absolute Gasteiger partial charge is 0.264 e. The van der Waals surface area contributed by atoms with Gasteiger partial charge in [0.15, 0.2) is 0 Å². The molecule has 0 radical (unpaired) electrons. The summed E-state index contributed by atoms with van der Waals surface area (Å²) in [5, 5.41) is 1.95. The zero-order valence-corrected chi connectivity index (χ0v) is 13.3. The van der Waals surface area contributed by atoms with Crippen molar-refractivity contribution in [1.29, 1.82) is 0 Å². The van der Waals surface area contributed by atoms with Gasteiger partial charge in [0, 0.05) is 10.5 Å². The van der Waals surface area contributed by atoms with Crippen molar-refractivity contribution < 1.29 is 12.8 Å². The van der Waals surface area contributed by atoms with Crippen molar-refractivity contribution in [3.05, 3.63) is 63.6 Å². The third kappa shape index (κ3) is 2.82. The Kier molecular flexibility index (Phi) is 3.84. The minimum atomic E-state index is -3.66. The smallest absolute Gasteiger partial charge is 0.263 e. The molecule has 7 heteroatoms. The SMILES string of the molecule is CC1=C(c2ccc(F)cc2)S(=O)(=O)NC1=NCc1cccs1. The second kappa shape index (κ2) is 5.66. The molecule has 1 aromatic heterocycles. The topological polar surface area (TPSA) is 58.5 Å². The van der Waals surface area contributed by atoms with Gasteiger partial charge in [-0.05, 0) is 36.1 Å². The fourth-order valence-electron chi connectivity index (χ4n) is 2.25. The molecule has 1 aliphatic heterocycles. The first-order valence-electron chi connectivity index (χ1n) is 6.54. The number of thiophene rings is 1. The van der Waals surface area contributed by atoms with E-state index in [1.165, 1.54) is 24.3 Å². The third-order valence-electron chi connectivity index (χ3n) is 3.28. The van der Waals surface area contributed by atoms with E-state index in [4.69, 9.17) is 0 Å². The van der Waals surface area contributed by atoms with E-state index in [9.17, 15) is 12.8 Å². The van der Waals surface area contributed by atoms with E-state index in [1.54, 1.807) is 18.3 Å². The Morgan fingerprint density at radius 3 is 2.59 bits per heavy atom. The van der Waals surface area contributed by atoms with Gasteiger partial charge < -0.3 is 0 Å². The lowest BCUT2D eigenvalue weighted by molar-refractivity contribution is 0.603. The Labute approximate surface area is 132 Å². The van der Waals surface area contributed by atoms with Crippen LogP contribution in [0.2, 0.25) is 0 Å². The van der Waals surface area contributed by atoms with Crippen LogP contribution in [0.25, 0.3) is 4.91 Å². The maximum absolute atomic E-state index is 13.0. The Morgan fingerprint density at radius 1 is 1.23 bits per heavy atom. The molecule has 1 aromatic carbocycles. The molecule has 0 aliphatic carbocycles. The number of hydrogen-bond donors (Lipinski definition) is 1. The van der Waals surface area contributed by atoms with E-state index < -0.39 is 15.8 Å². The average molecular weight is 336 g/mol. The summed E-state index contributed by atoms with van der Waals surface area (Å²) in [5.41, 5.74) is 0.996. The predicted molar refractivity (Wildman–Crippen MR) is 86.5 cm³/mol. The monoisotopic (exact) mass is 336 g/mol. The number of rotatable bonds is 3. The van der Waals surface area contributed by atoms with Crippen LogP contribution in [-0.2, 0) is 16.6 Å². The van der Waals surface area contributed by atoms with Crippen LogP contribution in [0, 0.1) is 5.82 Å². The molecule has 0 bridgehead atoms. The van der Waals surface area contributed by atoms with Crippen LogP contribution in [0.5, 0.6) is 0 Å². The summed E-state index contributed by atoms with van der Waals surface area (Å²) >= 11 is 1.56. The summed E-state index contributed by atoms with van der Waals surface area (Å²) in [6, 6.07) is 9.26. The second-order valence-corrected chi connectivity index (χ2v) is 7.46. The zero-order valence-electron chi connectivity index (χ0n) is 11.7. The molecule has 2 heterocycles. The molecule has 4 nitrogen and oxygen atoms in total. The highest BCUT2D eigenvalue weighted by atomic mass is 32.2. The maximum Gasteiger partial charge on any atom is 0.264 e. The van der Waals surface area contributed by atoms with E-state index in [1.807, 2.05) is 17.5 Å². The number of nitrogens with zero attached hydrogens (tertiary/aromatic N) is 1. The van der Waals surface area contributed by atoms with Gasteiger partial charge in [-0.2, -0.15) is 0 Å². The molecule has 0 amide bonds. The fourth-order valence-corrected chi connectivity index (χ4v) is 4.40. The summed E-state index contributed by atoms with van der Waals surface area (Å²) in [7, 11) is -3.66. The molecular weight excluding hydrogens is 323 g/mol. The number of hydrogen-bond acceptors (Lipinski definition) is 4. The number of sulfonamides is 1. The summed E-state index contributed by atoms with van der Waals surface area (Å²) in [6.45, 7) is 2.12. The molecule has 0 spiro atoms. The molecule has 22 heavy (non-hydrogen) atoms. The van der Waals surface area contributed by atoms with Gasteiger partial charge in [-0.3, -0.25) is 9.71 Å². The predicted octanol–water partition coefficient (Wildman–Crippen LogP) is 3.15. The molecule has 3 rings (SSSR count). The standard InChI is InChI=1S/C15H13FN2O2S2/c1-10-14(11-4-6-12(16)7-5-11)22(19,20)18-15(10)17-9-13-3-2-8-21-13/h2-8H,9H2,1H3,(H,17,18). The molecule has 0 atom stereocenters. The first-order valence-corrected chi connectivity index (χ1v) is 8.90. The molecule has 114 valence electrons. The maximum atomic E-state index is 13.0. The van der Waals surface area contributed by atoms with Gasteiger partial charge in [0.25, 0.3) is 10.0 Å². The molecule has 0 saturated heterocycles. The van der Waals surface area contributed by atoms with Crippen LogP contribution in [0.3, 0.4) is 0 Å². The Bertz CT molecular complexity index is 851. The second-order valence-electron chi connectivity index (χ2n) is 4.81. The van der Waals surface area contributed by atoms with E-state index in [0.29, 0.717) is 23.5 Å². The van der Waals surface area contributed by atoms with Gasteiger partial charge in [-0.15, -0.1) is 11.3 Å². The highest BCUT2D eigenvalue weighted by Gasteiger charge is 2.32. The minimum absolute atomic E-state index is 0.150. The quantitative estimate of drug-likeness (QED) is 0.936. The van der Waals surface area contributed by atoms with E-state index in [-0.39, 0.29) is 4.91 Å². The third-order valence-corrected chi connectivity index (χ3v) is 5.68. The summed E-state index contributed by atoms with van der Waals surface area (Å²) < 4.78 is 40.1. The van der Waals surface area contributed by atoms with Crippen molar-refractivity contribution >= 4 is 32.1 Å². The molecular formula is C15H13FN2O2S2. The normalized spacial score (nSPS) is 18.7. The zero-order chi connectivity index (χ0) is 15.7. The summed E-state index contributed by atoms with van der Waals surface area (Å²) in [4.78, 5) is 5.54. The van der Waals surface area contributed by atoms with Gasteiger partial charge in [-0.1, -0.05) is 18.2 Å².